The van der Waals surface area contributed by atoms with Gasteiger partial charge in [-0.3, -0.25) is 9.59 Å². The van der Waals surface area contributed by atoms with Crippen molar-refractivity contribution >= 4 is 17.5 Å². The Morgan fingerprint density at radius 1 is 0.971 bits per heavy atom. The second-order valence-electron chi connectivity index (χ2n) is 10.2. The SMILES string of the molecule is O=C(NC1CCCC1)c1cnn2c(C3CCCN3C(=O)CCCN3CCCCCC3)ccnc12. The summed E-state index contributed by atoms with van der Waals surface area (Å²) < 4.78 is 1.77. The first-order chi connectivity index (χ1) is 16.7. The van der Waals surface area contributed by atoms with E-state index in [-0.39, 0.29) is 23.9 Å². The number of aromatic nitrogens is 3. The normalized spacial score (nSPS) is 22.4. The minimum absolute atomic E-state index is 0.0122. The quantitative estimate of drug-likeness (QED) is 0.672. The van der Waals surface area contributed by atoms with Crippen LogP contribution in [0.3, 0.4) is 0 Å². The van der Waals surface area contributed by atoms with Crippen molar-refractivity contribution < 1.29 is 9.59 Å². The van der Waals surface area contributed by atoms with Crippen molar-refractivity contribution in [2.24, 2.45) is 0 Å². The van der Waals surface area contributed by atoms with Gasteiger partial charge >= 0.3 is 0 Å². The summed E-state index contributed by atoms with van der Waals surface area (Å²) in [7, 11) is 0. The molecule has 0 aromatic carbocycles. The van der Waals surface area contributed by atoms with E-state index < -0.39 is 0 Å². The Labute approximate surface area is 202 Å². The van der Waals surface area contributed by atoms with E-state index in [1.807, 2.05) is 11.0 Å². The van der Waals surface area contributed by atoms with Gasteiger partial charge in [-0.15, -0.1) is 0 Å². The fourth-order valence-electron chi connectivity index (χ4n) is 5.99. The van der Waals surface area contributed by atoms with Crippen molar-refractivity contribution in [2.45, 2.75) is 89.1 Å². The van der Waals surface area contributed by atoms with E-state index >= 15 is 0 Å². The van der Waals surface area contributed by atoms with Gasteiger partial charge in [0.2, 0.25) is 5.91 Å². The summed E-state index contributed by atoms with van der Waals surface area (Å²) >= 11 is 0. The van der Waals surface area contributed by atoms with Gasteiger partial charge in [0.05, 0.1) is 17.9 Å². The third kappa shape index (κ3) is 5.11. The number of nitrogens with zero attached hydrogens (tertiary/aromatic N) is 5. The lowest BCUT2D eigenvalue weighted by Crippen LogP contribution is -2.33. The van der Waals surface area contributed by atoms with Gasteiger partial charge in [0.25, 0.3) is 5.91 Å². The fraction of sp³-hybridized carbons (Fsp3) is 0.692. The van der Waals surface area contributed by atoms with Crippen LogP contribution in [0.4, 0.5) is 0 Å². The maximum Gasteiger partial charge on any atom is 0.256 e. The van der Waals surface area contributed by atoms with Crippen LogP contribution < -0.4 is 5.32 Å². The third-order valence-corrected chi connectivity index (χ3v) is 7.84. The van der Waals surface area contributed by atoms with Crippen LogP contribution in [0.2, 0.25) is 0 Å². The fourth-order valence-corrected chi connectivity index (χ4v) is 5.99. The Balaban J connectivity index is 1.25. The van der Waals surface area contributed by atoms with Gasteiger partial charge in [-0.1, -0.05) is 25.7 Å². The largest absolute Gasteiger partial charge is 0.349 e. The number of hydrogen-bond donors (Lipinski definition) is 1. The Kier molecular flexibility index (Phi) is 7.42. The standard InChI is InChI=1S/C26H38N6O2/c33-24(12-8-17-30-15-5-1-2-6-16-30)31-18-7-11-22(31)23-13-14-27-25-21(19-28-32(23)25)26(34)29-20-9-3-4-10-20/h13-14,19-20,22H,1-12,15-18H2,(H,29,34). The van der Waals surface area contributed by atoms with Crippen molar-refractivity contribution in [1.29, 1.82) is 0 Å². The monoisotopic (exact) mass is 466 g/mol. The molecule has 0 bridgehead atoms. The van der Waals surface area contributed by atoms with E-state index in [0.29, 0.717) is 17.6 Å². The van der Waals surface area contributed by atoms with Gasteiger partial charge in [0.1, 0.15) is 5.56 Å². The summed E-state index contributed by atoms with van der Waals surface area (Å²) in [4.78, 5) is 35.1. The van der Waals surface area contributed by atoms with Crippen molar-refractivity contribution in [2.75, 3.05) is 26.2 Å². The van der Waals surface area contributed by atoms with Crippen LogP contribution in [-0.2, 0) is 4.79 Å². The molecule has 1 aliphatic carbocycles. The van der Waals surface area contributed by atoms with Crippen LogP contribution in [0.25, 0.3) is 5.65 Å². The number of hydrogen-bond acceptors (Lipinski definition) is 5. The lowest BCUT2D eigenvalue weighted by atomic mass is 10.1. The molecule has 34 heavy (non-hydrogen) atoms. The molecule has 2 amide bonds. The minimum atomic E-state index is -0.0978. The molecule has 4 heterocycles. The lowest BCUT2D eigenvalue weighted by molar-refractivity contribution is -0.132. The number of carbonyl (C=O) groups is 2. The summed E-state index contributed by atoms with van der Waals surface area (Å²) in [6.45, 7) is 4.15. The molecule has 184 valence electrons. The smallest absolute Gasteiger partial charge is 0.256 e. The summed E-state index contributed by atoms with van der Waals surface area (Å²) in [5.74, 6) is 0.132. The van der Waals surface area contributed by atoms with Crippen molar-refractivity contribution in [1.82, 2.24) is 29.7 Å². The Morgan fingerprint density at radius 3 is 2.56 bits per heavy atom. The molecule has 2 aromatic heterocycles. The maximum absolute atomic E-state index is 13.2. The molecule has 3 fully saturated rings. The van der Waals surface area contributed by atoms with E-state index in [1.165, 1.54) is 51.6 Å². The minimum Gasteiger partial charge on any atom is -0.349 e. The highest BCUT2D eigenvalue weighted by molar-refractivity contribution is 5.99. The van der Waals surface area contributed by atoms with Gasteiger partial charge in [0.15, 0.2) is 5.65 Å². The van der Waals surface area contributed by atoms with Crippen molar-refractivity contribution in [3.8, 4) is 0 Å². The van der Waals surface area contributed by atoms with E-state index in [0.717, 1.165) is 50.9 Å². The molecule has 1 saturated carbocycles. The van der Waals surface area contributed by atoms with Crippen LogP contribution in [0.1, 0.15) is 99.1 Å². The molecule has 8 nitrogen and oxygen atoms in total. The molecule has 1 atom stereocenters. The summed E-state index contributed by atoms with van der Waals surface area (Å²) in [5, 5.41) is 7.68. The molecule has 8 heteroatoms. The Bertz CT molecular complexity index is 990. The zero-order valence-corrected chi connectivity index (χ0v) is 20.3. The van der Waals surface area contributed by atoms with Crippen molar-refractivity contribution in [3.05, 3.63) is 29.7 Å². The molecule has 2 saturated heterocycles. The van der Waals surface area contributed by atoms with Gasteiger partial charge in [0, 0.05) is 25.2 Å². The van der Waals surface area contributed by atoms with Crippen LogP contribution in [0, 0.1) is 0 Å². The topological polar surface area (TPSA) is 82.8 Å². The van der Waals surface area contributed by atoms with Gasteiger partial charge < -0.3 is 15.1 Å². The van der Waals surface area contributed by atoms with E-state index in [1.54, 1.807) is 16.9 Å². The highest BCUT2D eigenvalue weighted by atomic mass is 16.2. The van der Waals surface area contributed by atoms with Crippen molar-refractivity contribution in [3.63, 3.8) is 0 Å². The molecule has 0 spiro atoms. The van der Waals surface area contributed by atoms with Crippen LogP contribution in [0.5, 0.6) is 0 Å². The number of fused-ring (bicyclic) bond motifs is 1. The van der Waals surface area contributed by atoms with Gasteiger partial charge in [-0.05, 0) is 70.6 Å². The van der Waals surface area contributed by atoms with E-state index in [2.05, 4.69) is 20.3 Å². The van der Waals surface area contributed by atoms with Crippen LogP contribution in [0.15, 0.2) is 18.5 Å². The highest BCUT2D eigenvalue weighted by Crippen LogP contribution is 2.33. The lowest BCUT2D eigenvalue weighted by Gasteiger charge is -2.26. The molecular weight excluding hydrogens is 428 g/mol. The first kappa shape index (κ1) is 23.3. The molecule has 2 aromatic rings. The summed E-state index contributed by atoms with van der Waals surface area (Å²) in [6.07, 6.45) is 16.5. The number of amides is 2. The third-order valence-electron chi connectivity index (χ3n) is 7.84. The molecule has 0 radical (unpaired) electrons. The zero-order chi connectivity index (χ0) is 23.3. The zero-order valence-electron chi connectivity index (χ0n) is 20.3. The molecule has 3 aliphatic rings. The number of rotatable bonds is 7. The number of likely N-dealkylation sites (tertiary alicyclic amines) is 2. The van der Waals surface area contributed by atoms with Crippen LogP contribution >= 0.6 is 0 Å². The predicted molar refractivity (Wildman–Crippen MR) is 131 cm³/mol. The van der Waals surface area contributed by atoms with Gasteiger partial charge in [-0.25, -0.2) is 9.50 Å². The average molecular weight is 467 g/mol. The first-order valence-corrected chi connectivity index (χ1v) is 13.4. The van der Waals surface area contributed by atoms with Gasteiger partial charge in [-0.2, -0.15) is 5.10 Å². The summed E-state index contributed by atoms with van der Waals surface area (Å²) in [6, 6.07) is 2.19. The molecule has 1 N–H and O–H groups in total. The number of nitrogens with one attached hydrogen (secondary N) is 1. The average Bonchev–Trinajstić information content (AvgIpc) is 3.58. The molecule has 2 aliphatic heterocycles. The predicted octanol–water partition coefficient (Wildman–Crippen LogP) is 3.72. The first-order valence-electron chi connectivity index (χ1n) is 13.4. The molecule has 5 rings (SSSR count). The second kappa shape index (κ2) is 10.8. The second-order valence-corrected chi connectivity index (χ2v) is 10.2. The van der Waals surface area contributed by atoms with E-state index in [9.17, 15) is 9.59 Å². The van der Waals surface area contributed by atoms with Crippen LogP contribution in [-0.4, -0.2) is 68.4 Å². The summed E-state index contributed by atoms with van der Waals surface area (Å²) in [5.41, 5.74) is 2.04. The maximum atomic E-state index is 13.2. The van der Waals surface area contributed by atoms with E-state index in [4.69, 9.17) is 0 Å². The highest BCUT2D eigenvalue weighted by Gasteiger charge is 2.32. The molecule has 1 unspecified atom stereocenters. The molecular formula is C26H38N6O2. The Hall–Kier alpha value is -2.48. The number of carbonyl (C=O) groups excluding carboxylic acids is 2. The Morgan fingerprint density at radius 2 is 1.76 bits per heavy atom.